The van der Waals surface area contributed by atoms with Crippen molar-refractivity contribution in [2.75, 3.05) is 26.4 Å². The van der Waals surface area contributed by atoms with Gasteiger partial charge in [-0.2, -0.15) is 0 Å². The van der Waals surface area contributed by atoms with Gasteiger partial charge in [0, 0.05) is 12.8 Å². The number of phosphoric ester groups is 2. The summed E-state index contributed by atoms with van der Waals surface area (Å²) >= 11 is 0. The van der Waals surface area contributed by atoms with Crippen molar-refractivity contribution < 1.29 is 61.6 Å². The maximum Gasteiger partial charge on any atom is 0.472 e. The molecule has 0 aliphatic rings. The first-order valence-corrected chi connectivity index (χ1v) is 23.4. The van der Waals surface area contributed by atoms with Crippen molar-refractivity contribution in [3.05, 3.63) is 12.2 Å². The molecule has 1 unspecified atom stereocenters. The van der Waals surface area contributed by atoms with Crippen molar-refractivity contribution >= 4 is 27.6 Å². The molecule has 0 aromatic carbocycles. The second-order valence-electron chi connectivity index (χ2n) is 13.9. The normalized spacial score (nSPS) is 14.3. The Morgan fingerprint density at radius 2 is 0.925 bits per heavy atom. The Morgan fingerprint density at radius 1 is 0.528 bits per heavy atom. The highest BCUT2D eigenvalue weighted by atomic mass is 31.2. The fourth-order valence-corrected chi connectivity index (χ4v) is 6.67. The summed E-state index contributed by atoms with van der Waals surface area (Å²) in [5.41, 5.74) is 0. The zero-order chi connectivity index (χ0) is 39.5. The number of hydrogen-bond donors (Lipinski definition) is 4. The average Bonchev–Trinajstić information content (AvgIpc) is 3.11. The van der Waals surface area contributed by atoms with Gasteiger partial charge in [-0.1, -0.05) is 142 Å². The van der Waals surface area contributed by atoms with Crippen LogP contribution in [-0.2, 0) is 41.8 Å². The number of hydrogen-bond acceptors (Lipinski definition) is 10. The minimum absolute atomic E-state index is 0.135. The fourth-order valence-electron chi connectivity index (χ4n) is 5.52. The average molecular weight is 801 g/mol. The van der Waals surface area contributed by atoms with Gasteiger partial charge < -0.3 is 29.3 Å². The van der Waals surface area contributed by atoms with Gasteiger partial charge in [0.2, 0.25) is 0 Å². The first-order chi connectivity index (χ1) is 25.4. The van der Waals surface area contributed by atoms with Crippen LogP contribution >= 0.6 is 15.6 Å². The fraction of sp³-hybridized carbons (Fsp3) is 0.895. The lowest BCUT2D eigenvalue weighted by molar-refractivity contribution is -0.161. The van der Waals surface area contributed by atoms with Gasteiger partial charge in [-0.15, -0.1) is 0 Å². The molecule has 3 atom stereocenters. The van der Waals surface area contributed by atoms with E-state index in [0.29, 0.717) is 12.8 Å². The molecule has 0 bridgehead atoms. The second kappa shape index (κ2) is 35.3. The minimum Gasteiger partial charge on any atom is -0.462 e. The van der Waals surface area contributed by atoms with Gasteiger partial charge in [-0.3, -0.25) is 23.2 Å². The third kappa shape index (κ3) is 38.9. The van der Waals surface area contributed by atoms with Gasteiger partial charge in [0.1, 0.15) is 12.7 Å². The Bertz CT molecular complexity index is 1000. The van der Waals surface area contributed by atoms with E-state index in [1.54, 1.807) is 0 Å². The van der Waals surface area contributed by atoms with Crippen LogP contribution in [0.2, 0.25) is 0 Å². The van der Waals surface area contributed by atoms with Crippen molar-refractivity contribution in [3.8, 4) is 0 Å². The SMILES string of the molecule is CCCCCC/C=C\CCCCCCCC(=O)OC[C@H](COP(=O)(O)OC[C@@H](O)COP(=O)(O)O)OC(=O)CCCCCCCCCCCCCCC. The molecule has 0 aromatic rings. The van der Waals surface area contributed by atoms with Crippen LogP contribution in [0.3, 0.4) is 0 Å². The van der Waals surface area contributed by atoms with Crippen LogP contribution in [0.5, 0.6) is 0 Å². The predicted molar refractivity (Wildman–Crippen MR) is 207 cm³/mol. The summed E-state index contributed by atoms with van der Waals surface area (Å²) in [6.07, 6.45) is 29.2. The summed E-state index contributed by atoms with van der Waals surface area (Å²) in [6.45, 7) is 1.74. The molecule has 0 aromatic heterocycles. The number of carbonyl (C=O) groups is 2. The van der Waals surface area contributed by atoms with Gasteiger partial charge in [0.15, 0.2) is 6.10 Å². The second-order valence-corrected chi connectivity index (χ2v) is 16.6. The van der Waals surface area contributed by atoms with E-state index in [2.05, 4.69) is 35.0 Å². The maximum absolute atomic E-state index is 12.6. The molecule has 0 amide bonds. The van der Waals surface area contributed by atoms with Gasteiger partial charge in [0.05, 0.1) is 19.8 Å². The van der Waals surface area contributed by atoms with Crippen molar-refractivity contribution in [3.63, 3.8) is 0 Å². The molecule has 0 radical (unpaired) electrons. The standard InChI is InChI=1S/C38H74O13P2/c1-3-5-7-9-11-13-15-17-19-21-23-25-27-29-37(40)47-33-36(34-50-53(45,46)49-32-35(39)31-48-52(42,43)44)51-38(41)30-28-26-24-22-20-18-16-14-12-10-8-6-4-2/h13,15,35-36,39H,3-12,14,16-34H2,1-2H3,(H,45,46)(H2,42,43,44)/b15-13-/t35-,36+/m0/s1. The minimum atomic E-state index is -4.86. The third-order valence-corrected chi connectivity index (χ3v) is 10.1. The third-order valence-electron chi connectivity index (χ3n) is 8.64. The lowest BCUT2D eigenvalue weighted by Gasteiger charge is -2.20. The lowest BCUT2D eigenvalue weighted by Crippen LogP contribution is -2.30. The summed E-state index contributed by atoms with van der Waals surface area (Å²) in [4.78, 5) is 52.5. The monoisotopic (exact) mass is 800 g/mol. The molecule has 0 aliphatic carbocycles. The molecule has 4 N–H and O–H groups in total. The van der Waals surface area contributed by atoms with Crippen molar-refractivity contribution in [2.24, 2.45) is 0 Å². The summed E-state index contributed by atoms with van der Waals surface area (Å²) in [5, 5.41) is 9.72. The first kappa shape index (κ1) is 51.9. The Hall–Kier alpha value is -1.14. The van der Waals surface area contributed by atoms with Crippen molar-refractivity contribution in [1.29, 1.82) is 0 Å². The molecule has 0 aliphatic heterocycles. The maximum atomic E-state index is 12.6. The number of unbranched alkanes of at least 4 members (excludes halogenated alkanes) is 21. The number of ether oxygens (including phenoxy) is 2. The highest BCUT2D eigenvalue weighted by Crippen LogP contribution is 2.43. The molecule has 13 nitrogen and oxygen atoms in total. The summed E-state index contributed by atoms with van der Waals surface area (Å²) in [6, 6.07) is 0. The highest BCUT2D eigenvalue weighted by Gasteiger charge is 2.28. The van der Waals surface area contributed by atoms with Gasteiger partial charge in [-0.25, -0.2) is 9.13 Å². The molecule has 0 spiro atoms. The molecule has 314 valence electrons. The van der Waals surface area contributed by atoms with Crippen LogP contribution < -0.4 is 0 Å². The molecule has 0 saturated carbocycles. The first-order valence-electron chi connectivity index (χ1n) is 20.4. The quantitative estimate of drug-likeness (QED) is 0.0199. The number of carbonyl (C=O) groups excluding carboxylic acids is 2. The van der Waals surface area contributed by atoms with Crippen LogP contribution in [0.4, 0.5) is 0 Å². The molecule has 0 rings (SSSR count). The van der Waals surface area contributed by atoms with Crippen molar-refractivity contribution in [1.82, 2.24) is 0 Å². The molecule has 15 heteroatoms. The summed E-state index contributed by atoms with van der Waals surface area (Å²) in [7, 11) is -9.65. The number of rotatable bonds is 39. The van der Waals surface area contributed by atoms with Gasteiger partial charge in [0.25, 0.3) is 0 Å². The largest absolute Gasteiger partial charge is 0.472 e. The zero-order valence-electron chi connectivity index (χ0n) is 32.9. The molecular weight excluding hydrogens is 726 g/mol. The molecule has 0 fully saturated rings. The predicted octanol–water partition coefficient (Wildman–Crippen LogP) is 9.78. The van der Waals surface area contributed by atoms with Crippen LogP contribution in [0.15, 0.2) is 12.2 Å². The van der Waals surface area contributed by atoms with E-state index in [-0.39, 0.29) is 19.4 Å². The van der Waals surface area contributed by atoms with E-state index >= 15 is 0 Å². The van der Waals surface area contributed by atoms with E-state index < -0.39 is 59.6 Å². The molecule has 0 saturated heterocycles. The molecular formula is C38H74O13P2. The Labute approximate surface area is 320 Å². The van der Waals surface area contributed by atoms with Gasteiger partial charge >= 0.3 is 27.6 Å². The number of aliphatic hydroxyl groups is 1. The summed E-state index contributed by atoms with van der Waals surface area (Å²) in [5.74, 6) is -1.03. The number of esters is 2. The number of aliphatic hydroxyl groups excluding tert-OH is 1. The Kier molecular flexibility index (Phi) is 34.5. The number of allylic oxidation sites excluding steroid dienone is 2. The van der Waals surface area contributed by atoms with E-state index in [4.69, 9.17) is 23.8 Å². The van der Waals surface area contributed by atoms with E-state index in [1.807, 2.05) is 0 Å². The topological polar surface area (TPSA) is 195 Å². The Morgan fingerprint density at radius 3 is 1.42 bits per heavy atom. The molecule has 0 heterocycles. The van der Waals surface area contributed by atoms with E-state index in [0.717, 1.165) is 57.8 Å². The van der Waals surface area contributed by atoms with E-state index in [9.17, 15) is 28.7 Å². The van der Waals surface area contributed by atoms with E-state index in [1.165, 1.54) is 83.5 Å². The van der Waals surface area contributed by atoms with Crippen molar-refractivity contribution in [2.45, 2.75) is 193 Å². The number of phosphoric acid groups is 2. The van der Waals surface area contributed by atoms with Gasteiger partial charge in [-0.05, 0) is 38.5 Å². The summed E-state index contributed by atoms with van der Waals surface area (Å²) < 4.78 is 47.6. The lowest BCUT2D eigenvalue weighted by atomic mass is 10.0. The Balaban J connectivity index is 4.55. The zero-order valence-corrected chi connectivity index (χ0v) is 34.7. The van der Waals surface area contributed by atoms with Crippen LogP contribution in [0.25, 0.3) is 0 Å². The molecule has 53 heavy (non-hydrogen) atoms. The van der Waals surface area contributed by atoms with Crippen LogP contribution in [0, 0.1) is 0 Å². The highest BCUT2D eigenvalue weighted by molar-refractivity contribution is 7.47. The smallest absolute Gasteiger partial charge is 0.462 e. The van der Waals surface area contributed by atoms with Crippen LogP contribution in [0.1, 0.15) is 181 Å². The van der Waals surface area contributed by atoms with Crippen LogP contribution in [-0.4, -0.2) is 70.4 Å².